The van der Waals surface area contributed by atoms with Gasteiger partial charge in [-0.1, -0.05) is 6.92 Å². The van der Waals surface area contributed by atoms with E-state index in [4.69, 9.17) is 9.84 Å². The van der Waals surface area contributed by atoms with Gasteiger partial charge in [0.15, 0.2) is 0 Å². The van der Waals surface area contributed by atoms with Crippen molar-refractivity contribution in [3.8, 4) is 0 Å². The van der Waals surface area contributed by atoms with Crippen LogP contribution in [0.15, 0.2) is 0 Å². The molecule has 1 aliphatic carbocycles. The van der Waals surface area contributed by atoms with E-state index in [9.17, 15) is 14.4 Å². The van der Waals surface area contributed by atoms with Gasteiger partial charge in [0.05, 0.1) is 19.3 Å². The van der Waals surface area contributed by atoms with Crippen molar-refractivity contribution in [2.75, 3.05) is 39.3 Å². The van der Waals surface area contributed by atoms with Crippen molar-refractivity contribution in [2.24, 2.45) is 5.92 Å². The topological polar surface area (TPSA) is 99.2 Å². The fraction of sp³-hybridized carbons (Fsp3) is 0.833. The second kappa shape index (κ2) is 9.87. The molecule has 2 N–H and O–H groups in total. The molecule has 0 spiro atoms. The number of rotatable bonds is 7. The van der Waals surface area contributed by atoms with Crippen LogP contribution in [-0.4, -0.2) is 84.2 Å². The van der Waals surface area contributed by atoms with Crippen molar-refractivity contribution < 1.29 is 24.2 Å². The van der Waals surface area contributed by atoms with E-state index in [0.29, 0.717) is 26.2 Å². The molecule has 2 aliphatic rings. The van der Waals surface area contributed by atoms with Crippen LogP contribution in [-0.2, 0) is 19.1 Å². The number of nitrogens with zero attached hydrogens (tertiary/aromatic N) is 2. The number of carboxylic acid groups (broad SMARTS) is 1. The zero-order chi connectivity index (χ0) is 19.1. The van der Waals surface area contributed by atoms with Gasteiger partial charge in [-0.3, -0.25) is 19.3 Å². The fourth-order valence-corrected chi connectivity index (χ4v) is 3.63. The van der Waals surface area contributed by atoms with E-state index < -0.39 is 5.97 Å². The van der Waals surface area contributed by atoms with Gasteiger partial charge in [-0.25, -0.2) is 0 Å². The van der Waals surface area contributed by atoms with Gasteiger partial charge in [-0.15, -0.1) is 0 Å². The summed E-state index contributed by atoms with van der Waals surface area (Å²) in [6.07, 6.45) is 4.13. The van der Waals surface area contributed by atoms with E-state index in [0.717, 1.165) is 31.6 Å². The van der Waals surface area contributed by atoms with Crippen LogP contribution < -0.4 is 5.32 Å². The van der Waals surface area contributed by atoms with E-state index in [-0.39, 0.29) is 37.0 Å². The maximum absolute atomic E-state index is 12.3. The van der Waals surface area contributed by atoms with Crippen molar-refractivity contribution >= 4 is 17.8 Å². The van der Waals surface area contributed by atoms with Crippen LogP contribution in [0.25, 0.3) is 0 Å². The number of ether oxygens (including phenoxy) is 1. The van der Waals surface area contributed by atoms with E-state index >= 15 is 0 Å². The van der Waals surface area contributed by atoms with Crippen molar-refractivity contribution in [1.29, 1.82) is 0 Å². The summed E-state index contributed by atoms with van der Waals surface area (Å²) in [4.78, 5) is 38.0. The third-order valence-corrected chi connectivity index (χ3v) is 5.17. The predicted octanol–water partition coefficient (Wildman–Crippen LogP) is 0.315. The second-order valence-corrected chi connectivity index (χ2v) is 7.55. The minimum Gasteiger partial charge on any atom is -0.480 e. The number of hydrogen-bond donors (Lipinski definition) is 2. The first-order chi connectivity index (χ1) is 12.3. The summed E-state index contributed by atoms with van der Waals surface area (Å²) < 4.78 is 5.65. The first-order valence-corrected chi connectivity index (χ1v) is 9.44. The minimum atomic E-state index is -1.05. The lowest BCUT2D eigenvalue weighted by Gasteiger charge is -2.35. The van der Waals surface area contributed by atoms with Gasteiger partial charge in [-0.05, 0) is 31.6 Å². The van der Waals surface area contributed by atoms with Crippen molar-refractivity contribution in [2.45, 2.75) is 51.7 Å². The Morgan fingerprint density at radius 2 is 1.92 bits per heavy atom. The number of hydrogen-bond acceptors (Lipinski definition) is 5. The highest BCUT2D eigenvalue weighted by Gasteiger charge is 2.27. The molecule has 148 valence electrons. The summed E-state index contributed by atoms with van der Waals surface area (Å²) in [7, 11) is 0. The molecule has 1 unspecified atom stereocenters. The Kier molecular flexibility index (Phi) is 7.84. The first kappa shape index (κ1) is 20.6. The van der Waals surface area contributed by atoms with Crippen LogP contribution in [0.1, 0.15) is 39.5 Å². The molecule has 1 atom stereocenters. The van der Waals surface area contributed by atoms with Crippen LogP contribution in [0.2, 0.25) is 0 Å². The molecule has 2 rings (SSSR count). The number of carbonyl (C=O) groups is 3. The van der Waals surface area contributed by atoms with Gasteiger partial charge >= 0.3 is 5.97 Å². The smallest absolute Gasteiger partial charge is 0.323 e. The molecule has 0 aromatic rings. The average molecular weight is 369 g/mol. The lowest BCUT2D eigenvalue weighted by atomic mass is 9.87. The third kappa shape index (κ3) is 6.92. The number of nitrogens with one attached hydrogen (secondary N) is 1. The van der Waals surface area contributed by atoms with Gasteiger partial charge < -0.3 is 20.1 Å². The molecule has 0 aromatic heterocycles. The summed E-state index contributed by atoms with van der Waals surface area (Å²) in [5.74, 6) is -0.566. The normalized spacial score (nSPS) is 26.9. The van der Waals surface area contributed by atoms with Crippen LogP contribution in [0.4, 0.5) is 0 Å². The van der Waals surface area contributed by atoms with Gasteiger partial charge in [0.1, 0.15) is 6.54 Å². The van der Waals surface area contributed by atoms with Crippen molar-refractivity contribution in [3.63, 3.8) is 0 Å². The summed E-state index contributed by atoms with van der Waals surface area (Å²) >= 11 is 0. The maximum atomic E-state index is 12.3. The third-order valence-electron chi connectivity index (χ3n) is 5.17. The molecule has 2 fully saturated rings. The highest BCUT2D eigenvalue weighted by atomic mass is 16.5. The molecular weight excluding hydrogens is 338 g/mol. The van der Waals surface area contributed by atoms with Gasteiger partial charge in [0, 0.05) is 32.6 Å². The SMILES string of the molecule is CC(=O)N(CC(=O)O)CC1CN(CC(=O)NC2CCC(C)CC2)CCO1. The van der Waals surface area contributed by atoms with Crippen LogP contribution in [0.3, 0.4) is 0 Å². The Morgan fingerprint density at radius 1 is 1.23 bits per heavy atom. The zero-order valence-electron chi connectivity index (χ0n) is 15.8. The van der Waals surface area contributed by atoms with E-state index in [2.05, 4.69) is 12.2 Å². The molecule has 8 heteroatoms. The van der Waals surface area contributed by atoms with E-state index in [1.165, 1.54) is 11.8 Å². The number of morpholine rings is 1. The summed E-state index contributed by atoms with van der Waals surface area (Å²) in [6.45, 7) is 5.43. The maximum Gasteiger partial charge on any atom is 0.323 e. The molecule has 8 nitrogen and oxygen atoms in total. The summed E-state index contributed by atoms with van der Waals surface area (Å²) in [6, 6.07) is 0.277. The molecule has 0 aromatic carbocycles. The summed E-state index contributed by atoms with van der Waals surface area (Å²) in [5.41, 5.74) is 0. The first-order valence-electron chi connectivity index (χ1n) is 9.44. The van der Waals surface area contributed by atoms with Crippen molar-refractivity contribution in [1.82, 2.24) is 15.1 Å². The van der Waals surface area contributed by atoms with Gasteiger partial charge in [0.2, 0.25) is 11.8 Å². The molecule has 2 amide bonds. The highest BCUT2D eigenvalue weighted by molar-refractivity contribution is 5.79. The van der Waals surface area contributed by atoms with Crippen LogP contribution in [0.5, 0.6) is 0 Å². The van der Waals surface area contributed by atoms with Gasteiger partial charge in [-0.2, -0.15) is 0 Å². The Morgan fingerprint density at radius 3 is 2.54 bits per heavy atom. The Bertz CT molecular complexity index is 505. The second-order valence-electron chi connectivity index (χ2n) is 7.55. The molecule has 1 heterocycles. The minimum absolute atomic E-state index is 0.0270. The van der Waals surface area contributed by atoms with Crippen LogP contribution >= 0.6 is 0 Å². The number of amides is 2. The standard InChI is InChI=1S/C18H31N3O5/c1-13-3-5-15(6-4-13)19-17(23)11-20-7-8-26-16(9-20)10-21(14(2)22)12-18(24)25/h13,15-16H,3-12H2,1-2H3,(H,19,23)(H,24,25). The number of carboxylic acids is 1. The van der Waals surface area contributed by atoms with Crippen molar-refractivity contribution in [3.05, 3.63) is 0 Å². The molecule has 1 saturated heterocycles. The predicted molar refractivity (Wildman–Crippen MR) is 95.6 cm³/mol. The molecule has 1 saturated carbocycles. The lowest BCUT2D eigenvalue weighted by Crippen LogP contribution is -2.52. The Labute approximate surface area is 154 Å². The zero-order valence-corrected chi connectivity index (χ0v) is 15.8. The molecule has 26 heavy (non-hydrogen) atoms. The number of aliphatic carboxylic acids is 1. The molecule has 0 radical (unpaired) electrons. The van der Waals surface area contributed by atoms with Crippen LogP contribution in [0, 0.1) is 5.92 Å². The van der Waals surface area contributed by atoms with E-state index in [1.54, 1.807) is 0 Å². The monoisotopic (exact) mass is 369 g/mol. The summed E-state index contributed by atoms with van der Waals surface area (Å²) in [5, 5.41) is 12.0. The molecular formula is C18H31N3O5. The molecule has 1 aliphatic heterocycles. The average Bonchev–Trinajstić information content (AvgIpc) is 2.56. The van der Waals surface area contributed by atoms with E-state index in [1.807, 2.05) is 4.90 Å². The Balaban J connectivity index is 1.77. The fourth-order valence-electron chi connectivity index (χ4n) is 3.63. The highest BCUT2D eigenvalue weighted by Crippen LogP contribution is 2.23. The largest absolute Gasteiger partial charge is 0.480 e. The lowest BCUT2D eigenvalue weighted by molar-refractivity contribution is -0.145. The quantitative estimate of drug-likeness (QED) is 0.670. The Hall–Kier alpha value is -1.67. The number of carbonyl (C=O) groups excluding carboxylic acids is 2. The van der Waals surface area contributed by atoms with Gasteiger partial charge in [0.25, 0.3) is 0 Å². The molecule has 0 bridgehead atoms.